The second-order valence-electron chi connectivity index (χ2n) is 6.68. The van der Waals surface area contributed by atoms with Gasteiger partial charge in [-0.1, -0.05) is 51.3 Å². The molecule has 0 aromatic heterocycles. The lowest BCUT2D eigenvalue weighted by Crippen LogP contribution is -2.48. The minimum Gasteiger partial charge on any atom is -0.368 e. The van der Waals surface area contributed by atoms with Crippen LogP contribution in [-0.2, 0) is 12.8 Å². The largest absolute Gasteiger partial charge is 0.368 e. The Morgan fingerprint density at radius 1 is 1.10 bits per heavy atom. The molecule has 2 heterocycles. The van der Waals surface area contributed by atoms with Crippen molar-refractivity contribution in [3.63, 3.8) is 0 Å². The Labute approximate surface area is 124 Å². The van der Waals surface area contributed by atoms with Crippen molar-refractivity contribution in [1.82, 2.24) is 0 Å². The Hall–Kier alpha value is -0.980. The summed E-state index contributed by atoms with van der Waals surface area (Å²) in [4.78, 5) is 2.80. The fourth-order valence-electron chi connectivity index (χ4n) is 4.41. The van der Waals surface area contributed by atoms with Crippen LogP contribution in [0.4, 0.5) is 5.69 Å². The van der Waals surface area contributed by atoms with Gasteiger partial charge in [0.2, 0.25) is 0 Å². The van der Waals surface area contributed by atoms with Crippen molar-refractivity contribution < 1.29 is 0 Å². The van der Waals surface area contributed by atoms with E-state index >= 15 is 0 Å². The average Bonchev–Trinajstić information content (AvgIpc) is 2.47. The van der Waals surface area contributed by atoms with Gasteiger partial charge in [-0.15, -0.1) is 0 Å². The Balaban J connectivity index is 1.94. The summed E-state index contributed by atoms with van der Waals surface area (Å²) in [5.41, 5.74) is 4.88. The van der Waals surface area contributed by atoms with Crippen LogP contribution in [0.25, 0.3) is 0 Å². The van der Waals surface area contributed by atoms with Gasteiger partial charge in [0, 0.05) is 18.3 Å². The number of hydrogen-bond acceptors (Lipinski definition) is 1. The summed E-state index contributed by atoms with van der Waals surface area (Å²) >= 11 is 0. The summed E-state index contributed by atoms with van der Waals surface area (Å²) in [6, 6.07) is 7.84. The predicted octanol–water partition coefficient (Wildman–Crippen LogP) is 4.97. The van der Waals surface area contributed by atoms with Gasteiger partial charge in [-0.2, -0.15) is 0 Å². The molecule has 0 radical (unpaired) electrons. The van der Waals surface area contributed by atoms with E-state index in [9.17, 15) is 0 Å². The maximum atomic E-state index is 2.80. The number of benzene rings is 1. The third kappa shape index (κ3) is 2.47. The van der Waals surface area contributed by atoms with Crippen molar-refractivity contribution in [1.29, 1.82) is 0 Å². The van der Waals surface area contributed by atoms with Crippen LogP contribution < -0.4 is 4.90 Å². The van der Waals surface area contributed by atoms with E-state index in [1.807, 2.05) is 0 Å². The average molecular weight is 271 g/mol. The highest BCUT2D eigenvalue weighted by Gasteiger charge is 2.35. The molecule has 1 aromatic rings. The smallest absolute Gasteiger partial charge is 0.0434 e. The monoisotopic (exact) mass is 271 g/mol. The molecule has 1 nitrogen and oxygen atoms in total. The van der Waals surface area contributed by atoms with Crippen LogP contribution in [0.3, 0.4) is 0 Å². The summed E-state index contributed by atoms with van der Waals surface area (Å²) in [5.74, 6) is 0.882. The molecule has 0 amide bonds. The standard InChI is InChI=1S/C19H29N/c1-3-5-12-18-16(8-4-2)14-17-10-6-9-15-11-7-13-20(18)19(15)17/h6,9-10,16,18H,3-5,7-8,11-14H2,1-2H3/t16-,18+/m1/s1. The lowest BCUT2D eigenvalue weighted by molar-refractivity contribution is 0.323. The molecule has 1 heteroatoms. The number of hydrogen-bond donors (Lipinski definition) is 0. The van der Waals surface area contributed by atoms with E-state index in [0.29, 0.717) is 0 Å². The molecule has 0 saturated carbocycles. The predicted molar refractivity (Wildman–Crippen MR) is 87.5 cm³/mol. The summed E-state index contributed by atoms with van der Waals surface area (Å²) in [5, 5.41) is 0. The van der Waals surface area contributed by atoms with E-state index in [4.69, 9.17) is 0 Å². The molecule has 1 aromatic carbocycles. The molecule has 2 atom stereocenters. The number of anilines is 1. The van der Waals surface area contributed by atoms with Crippen molar-refractivity contribution in [2.75, 3.05) is 11.4 Å². The van der Waals surface area contributed by atoms with Crippen LogP contribution in [0.15, 0.2) is 18.2 Å². The SMILES string of the molecule is CCCC[C@H]1[C@H](CCC)Cc2cccc3c2N1CCC3. The number of rotatable bonds is 5. The van der Waals surface area contributed by atoms with Crippen LogP contribution in [0, 0.1) is 5.92 Å². The van der Waals surface area contributed by atoms with Crippen molar-refractivity contribution in [2.45, 2.75) is 71.3 Å². The van der Waals surface area contributed by atoms with Crippen molar-refractivity contribution in [2.24, 2.45) is 5.92 Å². The lowest BCUT2D eigenvalue weighted by atomic mass is 9.78. The van der Waals surface area contributed by atoms with Crippen LogP contribution in [0.5, 0.6) is 0 Å². The first-order valence-electron chi connectivity index (χ1n) is 8.72. The van der Waals surface area contributed by atoms with Gasteiger partial charge in [0.1, 0.15) is 0 Å². The molecule has 3 rings (SSSR count). The summed E-state index contributed by atoms with van der Waals surface area (Å²) in [7, 11) is 0. The zero-order valence-corrected chi connectivity index (χ0v) is 13.2. The molecular formula is C19H29N. The van der Waals surface area contributed by atoms with Gasteiger partial charge in [0.25, 0.3) is 0 Å². The Morgan fingerprint density at radius 3 is 2.75 bits per heavy atom. The molecule has 0 spiro atoms. The molecule has 2 aliphatic heterocycles. The van der Waals surface area contributed by atoms with Gasteiger partial charge in [-0.05, 0) is 49.1 Å². The Morgan fingerprint density at radius 2 is 1.95 bits per heavy atom. The van der Waals surface area contributed by atoms with Gasteiger partial charge >= 0.3 is 0 Å². The van der Waals surface area contributed by atoms with E-state index in [1.54, 1.807) is 16.8 Å². The topological polar surface area (TPSA) is 3.24 Å². The lowest BCUT2D eigenvalue weighted by Gasteiger charge is -2.47. The van der Waals surface area contributed by atoms with Crippen LogP contribution in [0.2, 0.25) is 0 Å². The first-order valence-corrected chi connectivity index (χ1v) is 8.72. The molecule has 0 unspecified atom stereocenters. The summed E-state index contributed by atoms with van der Waals surface area (Å²) < 4.78 is 0. The van der Waals surface area contributed by atoms with Gasteiger partial charge in [-0.3, -0.25) is 0 Å². The molecule has 110 valence electrons. The van der Waals surface area contributed by atoms with Gasteiger partial charge in [-0.25, -0.2) is 0 Å². The first-order chi connectivity index (χ1) is 9.85. The second-order valence-corrected chi connectivity index (χ2v) is 6.68. The van der Waals surface area contributed by atoms with E-state index in [1.165, 1.54) is 57.9 Å². The van der Waals surface area contributed by atoms with Crippen LogP contribution in [-0.4, -0.2) is 12.6 Å². The highest BCUT2D eigenvalue weighted by atomic mass is 15.2. The molecule has 0 bridgehead atoms. The first kappa shape index (κ1) is 14.0. The molecule has 0 N–H and O–H groups in total. The van der Waals surface area contributed by atoms with Crippen LogP contribution in [0.1, 0.15) is 63.5 Å². The second kappa shape index (κ2) is 6.20. The zero-order valence-electron chi connectivity index (χ0n) is 13.2. The minimum absolute atomic E-state index is 0.809. The fourth-order valence-corrected chi connectivity index (χ4v) is 4.41. The third-order valence-corrected chi connectivity index (χ3v) is 5.27. The highest BCUT2D eigenvalue weighted by Crippen LogP contribution is 2.42. The summed E-state index contributed by atoms with van der Waals surface area (Å²) in [6.45, 7) is 5.96. The molecular weight excluding hydrogens is 242 g/mol. The number of aryl methyl sites for hydroxylation is 1. The molecule has 20 heavy (non-hydrogen) atoms. The minimum atomic E-state index is 0.809. The Bertz CT molecular complexity index is 451. The number of para-hydroxylation sites is 1. The van der Waals surface area contributed by atoms with E-state index in [0.717, 1.165) is 12.0 Å². The zero-order chi connectivity index (χ0) is 13.9. The maximum Gasteiger partial charge on any atom is 0.0434 e. The molecule has 0 fully saturated rings. The third-order valence-electron chi connectivity index (χ3n) is 5.27. The maximum absolute atomic E-state index is 2.80. The number of nitrogens with zero attached hydrogens (tertiary/aromatic N) is 1. The van der Waals surface area contributed by atoms with Gasteiger partial charge < -0.3 is 4.90 Å². The van der Waals surface area contributed by atoms with Gasteiger partial charge in [0.05, 0.1) is 0 Å². The summed E-state index contributed by atoms with van der Waals surface area (Å²) in [6.07, 6.45) is 10.8. The van der Waals surface area contributed by atoms with Crippen LogP contribution >= 0.6 is 0 Å². The Kier molecular flexibility index (Phi) is 4.33. The number of unbranched alkanes of at least 4 members (excludes halogenated alkanes) is 1. The van der Waals surface area contributed by atoms with Gasteiger partial charge in [0.15, 0.2) is 0 Å². The van der Waals surface area contributed by atoms with Crippen molar-refractivity contribution in [3.05, 3.63) is 29.3 Å². The van der Waals surface area contributed by atoms with Crippen molar-refractivity contribution in [3.8, 4) is 0 Å². The highest BCUT2D eigenvalue weighted by molar-refractivity contribution is 5.64. The van der Waals surface area contributed by atoms with E-state index in [2.05, 4.69) is 36.9 Å². The fraction of sp³-hybridized carbons (Fsp3) is 0.684. The molecule has 0 saturated heterocycles. The van der Waals surface area contributed by atoms with E-state index in [-0.39, 0.29) is 0 Å². The van der Waals surface area contributed by atoms with E-state index < -0.39 is 0 Å². The normalized spacial score (nSPS) is 24.6. The quantitative estimate of drug-likeness (QED) is 0.731. The molecule has 0 aliphatic carbocycles. The van der Waals surface area contributed by atoms with Crippen molar-refractivity contribution >= 4 is 5.69 Å². The molecule has 2 aliphatic rings.